The smallest absolute Gasteiger partial charge is 0.324 e. The number of carbonyl (C=O) groups excluding carboxylic acids is 1. The van der Waals surface area contributed by atoms with E-state index in [0.717, 1.165) is 56.2 Å². The molecule has 0 amide bonds. The van der Waals surface area contributed by atoms with Crippen molar-refractivity contribution >= 4 is 11.7 Å². The maximum Gasteiger partial charge on any atom is 0.324 e. The quantitative estimate of drug-likeness (QED) is 0.570. The molecular weight excluding hydrogens is 360 g/mol. The number of nitrogens with one attached hydrogen (secondary N) is 3. The van der Waals surface area contributed by atoms with E-state index in [9.17, 15) is 4.79 Å². The number of piperidine rings is 1. The Balaban J connectivity index is 1.56. The zero-order valence-electron chi connectivity index (χ0n) is 17.0. The minimum absolute atomic E-state index is 0.172. The summed E-state index contributed by atoms with van der Waals surface area (Å²) in [7, 11) is 3.29. The van der Waals surface area contributed by atoms with Crippen LogP contribution in [0.2, 0.25) is 0 Å². The van der Waals surface area contributed by atoms with E-state index in [-0.39, 0.29) is 17.9 Å². The molecule has 8 nitrogen and oxygen atoms in total. The summed E-state index contributed by atoms with van der Waals surface area (Å²) in [6, 6.07) is 5.98. The first kappa shape index (κ1) is 20.7. The average Bonchev–Trinajstić information content (AvgIpc) is 3.16. The van der Waals surface area contributed by atoms with Crippen LogP contribution in [0.1, 0.15) is 19.8 Å². The lowest BCUT2D eigenvalue weighted by Crippen LogP contribution is -2.48. The summed E-state index contributed by atoms with van der Waals surface area (Å²) in [5.41, 5.74) is 7.20. The second-order valence-corrected chi connectivity index (χ2v) is 7.33. The molecule has 1 aromatic rings. The number of likely N-dealkylation sites (tertiary alicyclic amines) is 1. The molecule has 0 bridgehead atoms. The van der Waals surface area contributed by atoms with Crippen LogP contribution in [0.4, 0.5) is 5.69 Å². The fraction of sp³-hybridized carbons (Fsp3) is 0.650. The van der Waals surface area contributed by atoms with Crippen molar-refractivity contribution in [2.45, 2.75) is 31.8 Å². The van der Waals surface area contributed by atoms with E-state index in [4.69, 9.17) is 14.2 Å². The van der Waals surface area contributed by atoms with Gasteiger partial charge in [-0.2, -0.15) is 0 Å². The summed E-state index contributed by atoms with van der Waals surface area (Å²) in [5.74, 6) is 1.48. The third-order valence-electron chi connectivity index (χ3n) is 5.39. The van der Waals surface area contributed by atoms with Gasteiger partial charge >= 0.3 is 5.97 Å². The third-order valence-corrected chi connectivity index (χ3v) is 5.39. The van der Waals surface area contributed by atoms with Crippen LogP contribution in [0.5, 0.6) is 11.5 Å². The largest absolute Gasteiger partial charge is 0.493 e. The SMILES string of the molecule is CCOC(=O)C1NNCC1CN1CCCC(Nc2ccc(OC)c(OC)c2)C1. The number of benzene rings is 1. The van der Waals surface area contributed by atoms with Gasteiger partial charge in [-0.1, -0.05) is 0 Å². The number of hydrogen-bond donors (Lipinski definition) is 3. The summed E-state index contributed by atoms with van der Waals surface area (Å²) >= 11 is 0. The lowest BCUT2D eigenvalue weighted by molar-refractivity contribution is -0.146. The number of esters is 1. The van der Waals surface area contributed by atoms with Gasteiger partial charge in [0.05, 0.1) is 20.8 Å². The van der Waals surface area contributed by atoms with Crippen LogP contribution < -0.4 is 25.6 Å². The van der Waals surface area contributed by atoms with Crippen LogP contribution in [0, 0.1) is 5.92 Å². The van der Waals surface area contributed by atoms with Gasteiger partial charge < -0.3 is 24.4 Å². The topological polar surface area (TPSA) is 84.1 Å². The van der Waals surface area contributed by atoms with Gasteiger partial charge in [-0.3, -0.25) is 10.2 Å². The van der Waals surface area contributed by atoms with E-state index in [1.165, 1.54) is 0 Å². The van der Waals surface area contributed by atoms with Crippen molar-refractivity contribution in [3.63, 3.8) is 0 Å². The number of rotatable bonds is 8. The zero-order valence-corrected chi connectivity index (χ0v) is 17.0. The highest BCUT2D eigenvalue weighted by Gasteiger charge is 2.35. The monoisotopic (exact) mass is 392 g/mol. The van der Waals surface area contributed by atoms with Crippen LogP contribution >= 0.6 is 0 Å². The molecule has 2 saturated heterocycles. The number of methoxy groups -OCH3 is 2. The Hall–Kier alpha value is -2.03. The fourth-order valence-electron chi connectivity index (χ4n) is 4.02. The van der Waals surface area contributed by atoms with Crippen molar-refractivity contribution < 1.29 is 19.0 Å². The molecule has 3 N–H and O–H groups in total. The summed E-state index contributed by atoms with van der Waals surface area (Å²) < 4.78 is 15.9. The first-order chi connectivity index (χ1) is 13.6. The molecule has 2 aliphatic rings. The molecule has 156 valence electrons. The van der Waals surface area contributed by atoms with E-state index < -0.39 is 0 Å². The molecule has 0 aromatic heterocycles. The van der Waals surface area contributed by atoms with Crippen LogP contribution in [0.15, 0.2) is 18.2 Å². The highest BCUT2D eigenvalue weighted by molar-refractivity contribution is 5.76. The van der Waals surface area contributed by atoms with Crippen LogP contribution in [0.3, 0.4) is 0 Å². The molecule has 8 heteroatoms. The lowest BCUT2D eigenvalue weighted by atomic mass is 9.98. The Bertz CT molecular complexity index is 657. The molecule has 28 heavy (non-hydrogen) atoms. The summed E-state index contributed by atoms with van der Waals surface area (Å²) in [4.78, 5) is 14.6. The van der Waals surface area contributed by atoms with Crippen LogP contribution in [0.25, 0.3) is 0 Å². The van der Waals surface area contributed by atoms with Gasteiger partial charge in [0.2, 0.25) is 0 Å². The Kier molecular flexibility index (Phi) is 7.36. The Morgan fingerprint density at radius 2 is 2.11 bits per heavy atom. The number of ether oxygens (including phenoxy) is 3. The normalized spacial score (nSPS) is 25.3. The molecule has 2 heterocycles. The first-order valence-corrected chi connectivity index (χ1v) is 10.0. The summed E-state index contributed by atoms with van der Waals surface area (Å²) in [6.45, 7) is 5.88. The zero-order chi connectivity index (χ0) is 19.9. The predicted molar refractivity (Wildman–Crippen MR) is 108 cm³/mol. The molecule has 1 aromatic carbocycles. The third kappa shape index (κ3) is 5.06. The van der Waals surface area contributed by atoms with Gasteiger partial charge in [0, 0.05) is 43.3 Å². The van der Waals surface area contributed by atoms with Gasteiger partial charge in [-0.25, -0.2) is 5.43 Å². The molecule has 2 aliphatic heterocycles. The van der Waals surface area contributed by atoms with Crippen molar-refractivity contribution in [2.75, 3.05) is 52.3 Å². The number of hydrazine groups is 1. The van der Waals surface area contributed by atoms with Gasteiger partial charge in [-0.15, -0.1) is 0 Å². The number of nitrogens with zero attached hydrogens (tertiary/aromatic N) is 1. The molecule has 0 radical (unpaired) electrons. The summed E-state index contributed by atoms with van der Waals surface area (Å²) in [5, 5.41) is 3.62. The second kappa shape index (κ2) is 9.95. The lowest BCUT2D eigenvalue weighted by Gasteiger charge is -2.35. The molecule has 0 aliphatic carbocycles. The van der Waals surface area contributed by atoms with E-state index in [1.54, 1.807) is 14.2 Å². The van der Waals surface area contributed by atoms with E-state index in [1.807, 2.05) is 25.1 Å². The van der Waals surface area contributed by atoms with Crippen LogP contribution in [-0.4, -0.2) is 70.0 Å². The highest BCUT2D eigenvalue weighted by Crippen LogP contribution is 2.30. The standard InChI is InChI=1S/C20H32N4O4/c1-4-28-20(25)19-14(11-21-23-19)12-24-9-5-6-16(13-24)22-15-7-8-17(26-2)18(10-15)27-3/h7-8,10,14,16,19,21-23H,4-6,9,11-13H2,1-3H3. The maximum absolute atomic E-state index is 12.1. The summed E-state index contributed by atoms with van der Waals surface area (Å²) in [6.07, 6.45) is 2.25. The fourth-order valence-corrected chi connectivity index (χ4v) is 4.02. The number of carbonyl (C=O) groups is 1. The Morgan fingerprint density at radius 3 is 2.86 bits per heavy atom. The van der Waals surface area contributed by atoms with Crippen molar-refractivity contribution in [3.05, 3.63) is 18.2 Å². The molecule has 0 saturated carbocycles. The van der Waals surface area contributed by atoms with Crippen molar-refractivity contribution in [2.24, 2.45) is 5.92 Å². The molecular formula is C20H32N4O4. The number of hydrogen-bond acceptors (Lipinski definition) is 8. The van der Waals surface area contributed by atoms with Crippen LogP contribution in [-0.2, 0) is 9.53 Å². The maximum atomic E-state index is 12.1. The van der Waals surface area contributed by atoms with E-state index in [2.05, 4.69) is 21.1 Å². The van der Waals surface area contributed by atoms with Gasteiger partial charge in [0.25, 0.3) is 0 Å². The molecule has 3 rings (SSSR count). The predicted octanol–water partition coefficient (Wildman–Crippen LogP) is 1.24. The van der Waals surface area contributed by atoms with Crippen molar-refractivity contribution in [1.29, 1.82) is 0 Å². The van der Waals surface area contributed by atoms with Crippen molar-refractivity contribution in [1.82, 2.24) is 15.8 Å². The van der Waals surface area contributed by atoms with E-state index >= 15 is 0 Å². The van der Waals surface area contributed by atoms with Crippen molar-refractivity contribution in [3.8, 4) is 11.5 Å². The molecule has 3 atom stereocenters. The van der Waals surface area contributed by atoms with Gasteiger partial charge in [-0.05, 0) is 38.4 Å². The molecule has 0 spiro atoms. The minimum atomic E-state index is -0.279. The second-order valence-electron chi connectivity index (χ2n) is 7.33. The first-order valence-electron chi connectivity index (χ1n) is 10.0. The minimum Gasteiger partial charge on any atom is -0.493 e. The van der Waals surface area contributed by atoms with Gasteiger partial charge in [0.1, 0.15) is 6.04 Å². The highest BCUT2D eigenvalue weighted by atomic mass is 16.5. The molecule has 3 unspecified atom stereocenters. The van der Waals surface area contributed by atoms with Gasteiger partial charge in [0.15, 0.2) is 11.5 Å². The number of anilines is 1. The molecule has 2 fully saturated rings. The van der Waals surface area contributed by atoms with E-state index in [0.29, 0.717) is 12.6 Å². The Labute approximate surface area is 166 Å². The Morgan fingerprint density at radius 1 is 1.29 bits per heavy atom. The average molecular weight is 393 g/mol.